The highest BCUT2D eigenvalue weighted by Gasteiger charge is 2.42. The molecule has 2 aliphatic carbocycles. The first-order valence-corrected chi connectivity index (χ1v) is 10.9. The van der Waals surface area contributed by atoms with E-state index in [2.05, 4.69) is 68.5 Å². The Kier molecular flexibility index (Phi) is 5.11. The monoisotopic (exact) mass is 399 g/mol. The molecule has 1 unspecified atom stereocenters. The quantitative estimate of drug-likeness (QED) is 0.681. The van der Waals surface area contributed by atoms with Gasteiger partial charge in [0.25, 0.3) is 0 Å². The number of hydrogen-bond acceptors (Lipinski definition) is 2. The van der Waals surface area contributed by atoms with Gasteiger partial charge in [-0.25, -0.2) is 0 Å². The highest BCUT2D eigenvalue weighted by atomic mass is 16.5. The first-order valence-electron chi connectivity index (χ1n) is 10.9. The zero-order valence-electron chi connectivity index (χ0n) is 19.0. The van der Waals surface area contributed by atoms with Crippen molar-refractivity contribution in [3.63, 3.8) is 0 Å². The Morgan fingerprint density at radius 1 is 1.03 bits per heavy atom. The van der Waals surface area contributed by atoms with E-state index in [9.17, 15) is 5.11 Å². The molecule has 0 aliphatic heterocycles. The number of allylic oxidation sites excluding steroid dienone is 4. The minimum atomic E-state index is -0.938. The molecular weight excluding hydrogens is 367 g/mol. The SMILES string of the molecule is CC1(C)c2ccc(-c3cccc([B]OC(C)(C)C(C)(C)O)c3)cc2C2=CC=CCC21. The van der Waals surface area contributed by atoms with Crippen molar-refractivity contribution in [2.75, 3.05) is 0 Å². The second-order valence-electron chi connectivity index (χ2n) is 10.3. The third-order valence-corrected chi connectivity index (χ3v) is 7.24. The highest BCUT2D eigenvalue weighted by Crippen LogP contribution is 2.53. The third-order valence-electron chi connectivity index (χ3n) is 7.24. The lowest BCUT2D eigenvalue weighted by Gasteiger charge is -2.37. The van der Waals surface area contributed by atoms with Crippen molar-refractivity contribution in [1.29, 1.82) is 0 Å². The van der Waals surface area contributed by atoms with Crippen LogP contribution in [0.15, 0.2) is 60.7 Å². The number of aliphatic hydroxyl groups is 1. The molecule has 2 aliphatic rings. The topological polar surface area (TPSA) is 29.5 Å². The summed E-state index contributed by atoms with van der Waals surface area (Å²) in [6.07, 6.45) is 7.89. The van der Waals surface area contributed by atoms with E-state index in [0.717, 1.165) is 11.9 Å². The van der Waals surface area contributed by atoms with E-state index in [4.69, 9.17) is 4.65 Å². The largest absolute Gasteiger partial charge is 0.427 e. The number of hydrogen-bond donors (Lipinski definition) is 1. The van der Waals surface area contributed by atoms with E-state index in [1.54, 1.807) is 21.3 Å². The molecule has 0 bridgehead atoms. The van der Waals surface area contributed by atoms with Gasteiger partial charge in [-0.3, -0.25) is 0 Å². The molecule has 0 aromatic heterocycles. The summed E-state index contributed by atoms with van der Waals surface area (Å²) in [4.78, 5) is 0. The number of benzene rings is 2. The molecule has 0 saturated heterocycles. The third kappa shape index (κ3) is 3.59. The molecule has 2 aromatic carbocycles. The van der Waals surface area contributed by atoms with Gasteiger partial charge in [0.2, 0.25) is 0 Å². The first kappa shape index (κ1) is 21.1. The molecule has 1 radical (unpaired) electrons. The van der Waals surface area contributed by atoms with Crippen LogP contribution in [0.5, 0.6) is 0 Å². The van der Waals surface area contributed by atoms with Gasteiger partial charge < -0.3 is 9.76 Å². The van der Waals surface area contributed by atoms with E-state index in [-0.39, 0.29) is 5.41 Å². The summed E-state index contributed by atoms with van der Waals surface area (Å²) in [5.41, 5.74) is 6.23. The Bertz CT molecular complexity index is 1020. The van der Waals surface area contributed by atoms with Crippen molar-refractivity contribution in [3.05, 3.63) is 71.8 Å². The summed E-state index contributed by atoms with van der Waals surface area (Å²) in [7, 11) is 1.75. The van der Waals surface area contributed by atoms with Crippen LogP contribution in [0.3, 0.4) is 0 Å². The predicted octanol–water partition coefficient (Wildman–Crippen LogP) is 5.41. The van der Waals surface area contributed by atoms with Crippen LogP contribution in [-0.2, 0) is 10.1 Å². The van der Waals surface area contributed by atoms with E-state index in [1.165, 1.54) is 27.8 Å². The standard InChI is InChI=1S/C27H32BO2/c1-25(2)23-13-8-7-12-21(23)22-17-19(14-15-24(22)25)18-10-9-11-20(16-18)28-30-27(5,6)26(3,4)29/h7-12,14-17,23,29H,13H2,1-6H3. The lowest BCUT2D eigenvalue weighted by atomic mass is 9.75. The molecule has 1 atom stereocenters. The maximum Gasteiger partial charge on any atom is 0.330 e. The highest BCUT2D eigenvalue weighted by molar-refractivity contribution is 6.47. The van der Waals surface area contributed by atoms with Gasteiger partial charge in [-0.2, -0.15) is 0 Å². The fraction of sp³-hybridized carbons (Fsp3) is 0.407. The second kappa shape index (κ2) is 7.25. The molecule has 3 heteroatoms. The van der Waals surface area contributed by atoms with Gasteiger partial charge in [0, 0.05) is 0 Å². The van der Waals surface area contributed by atoms with Crippen molar-refractivity contribution in [2.24, 2.45) is 5.92 Å². The van der Waals surface area contributed by atoms with Gasteiger partial charge in [-0.05, 0) is 79.3 Å². The Hall–Kier alpha value is -2.10. The Balaban J connectivity index is 1.63. The maximum absolute atomic E-state index is 10.3. The van der Waals surface area contributed by atoms with Crippen LogP contribution in [0.2, 0.25) is 0 Å². The van der Waals surface area contributed by atoms with Crippen molar-refractivity contribution in [1.82, 2.24) is 0 Å². The van der Waals surface area contributed by atoms with Crippen LogP contribution < -0.4 is 5.46 Å². The summed E-state index contributed by atoms with van der Waals surface area (Å²) in [5, 5.41) is 10.3. The molecule has 2 aromatic rings. The maximum atomic E-state index is 10.3. The molecule has 4 rings (SSSR count). The predicted molar refractivity (Wildman–Crippen MR) is 127 cm³/mol. The van der Waals surface area contributed by atoms with Gasteiger partial charge in [0.1, 0.15) is 0 Å². The summed E-state index contributed by atoms with van der Waals surface area (Å²) < 4.78 is 5.95. The van der Waals surface area contributed by atoms with Gasteiger partial charge in [0.15, 0.2) is 0 Å². The van der Waals surface area contributed by atoms with Crippen LogP contribution in [0.25, 0.3) is 16.7 Å². The molecule has 0 amide bonds. The van der Waals surface area contributed by atoms with E-state index in [1.807, 2.05) is 19.9 Å². The van der Waals surface area contributed by atoms with Crippen molar-refractivity contribution in [2.45, 2.75) is 64.6 Å². The Labute approximate surface area is 182 Å². The lowest BCUT2D eigenvalue weighted by molar-refractivity contribution is -0.0893. The Morgan fingerprint density at radius 3 is 2.50 bits per heavy atom. The molecule has 0 saturated carbocycles. The van der Waals surface area contributed by atoms with Crippen LogP contribution in [0, 0.1) is 5.92 Å². The number of rotatable bonds is 5. The molecule has 0 spiro atoms. The molecule has 155 valence electrons. The van der Waals surface area contributed by atoms with Crippen LogP contribution in [0.1, 0.15) is 59.1 Å². The molecule has 30 heavy (non-hydrogen) atoms. The average Bonchev–Trinajstić information content (AvgIpc) is 2.93. The van der Waals surface area contributed by atoms with Crippen molar-refractivity contribution in [3.8, 4) is 11.1 Å². The fourth-order valence-corrected chi connectivity index (χ4v) is 4.45. The molecular formula is C27H32BO2. The summed E-state index contributed by atoms with van der Waals surface area (Å²) in [6, 6.07) is 15.3. The van der Waals surface area contributed by atoms with Crippen molar-refractivity contribution >= 4 is 18.5 Å². The zero-order valence-corrected chi connectivity index (χ0v) is 19.0. The van der Waals surface area contributed by atoms with Gasteiger partial charge >= 0.3 is 7.48 Å². The lowest BCUT2D eigenvalue weighted by Crippen LogP contribution is -2.49. The van der Waals surface area contributed by atoms with Crippen LogP contribution >= 0.6 is 0 Å². The van der Waals surface area contributed by atoms with E-state index < -0.39 is 11.2 Å². The summed E-state index contributed by atoms with van der Waals surface area (Å²) in [6.45, 7) is 12.1. The number of fused-ring (bicyclic) bond motifs is 3. The Morgan fingerprint density at radius 2 is 1.77 bits per heavy atom. The zero-order chi connectivity index (χ0) is 21.7. The summed E-state index contributed by atoms with van der Waals surface area (Å²) in [5.74, 6) is 0.560. The average molecular weight is 399 g/mol. The van der Waals surface area contributed by atoms with E-state index in [0.29, 0.717) is 5.92 Å². The minimum absolute atomic E-state index is 0.163. The molecule has 0 heterocycles. The molecule has 1 N–H and O–H groups in total. The normalized spacial score (nSPS) is 19.8. The van der Waals surface area contributed by atoms with Gasteiger partial charge in [0.05, 0.1) is 11.2 Å². The first-order chi connectivity index (χ1) is 14.0. The van der Waals surface area contributed by atoms with Gasteiger partial charge in [-0.15, -0.1) is 0 Å². The fourth-order valence-electron chi connectivity index (χ4n) is 4.45. The second-order valence-corrected chi connectivity index (χ2v) is 10.3. The van der Waals surface area contributed by atoms with Crippen LogP contribution in [-0.4, -0.2) is 23.8 Å². The van der Waals surface area contributed by atoms with Crippen molar-refractivity contribution < 1.29 is 9.76 Å². The van der Waals surface area contributed by atoms with E-state index >= 15 is 0 Å². The minimum Gasteiger partial charge on any atom is -0.427 e. The van der Waals surface area contributed by atoms with Gasteiger partial charge in [-0.1, -0.05) is 73.9 Å². The summed E-state index contributed by atoms with van der Waals surface area (Å²) >= 11 is 0. The smallest absolute Gasteiger partial charge is 0.330 e. The molecule has 0 fully saturated rings. The van der Waals surface area contributed by atoms with Crippen LogP contribution in [0.4, 0.5) is 0 Å². The molecule has 2 nitrogen and oxygen atoms in total.